The maximum absolute atomic E-state index is 13.5. The van der Waals surface area contributed by atoms with Gasteiger partial charge in [0.1, 0.15) is 17.2 Å². The summed E-state index contributed by atoms with van der Waals surface area (Å²) in [6, 6.07) is 4.48. The first-order valence-corrected chi connectivity index (χ1v) is 9.28. The first-order valence-electron chi connectivity index (χ1n) is 9.28. The van der Waals surface area contributed by atoms with Crippen LogP contribution in [0.2, 0.25) is 0 Å². The second kappa shape index (κ2) is 7.48. The number of aryl methyl sites for hydroxylation is 1. The highest BCUT2D eigenvalue weighted by atomic mass is 19.1. The molecule has 3 N–H and O–H groups in total. The predicted molar refractivity (Wildman–Crippen MR) is 102 cm³/mol. The van der Waals surface area contributed by atoms with Crippen molar-refractivity contribution in [1.29, 1.82) is 0 Å². The molecule has 2 aliphatic rings. The number of hydrogen-bond acceptors (Lipinski definition) is 6. The summed E-state index contributed by atoms with van der Waals surface area (Å²) in [6.45, 7) is 6.05. The van der Waals surface area contributed by atoms with Crippen LogP contribution in [0.3, 0.4) is 0 Å². The minimum Gasteiger partial charge on any atom is -0.353 e. The number of carbonyl (C=O) groups is 1. The molecule has 1 saturated heterocycles. The van der Waals surface area contributed by atoms with Gasteiger partial charge in [0.05, 0.1) is 12.4 Å². The van der Waals surface area contributed by atoms with E-state index in [9.17, 15) is 9.18 Å². The Kier molecular flexibility index (Phi) is 4.89. The summed E-state index contributed by atoms with van der Waals surface area (Å²) >= 11 is 0. The van der Waals surface area contributed by atoms with E-state index in [0.29, 0.717) is 29.7 Å². The molecule has 142 valence electrons. The summed E-state index contributed by atoms with van der Waals surface area (Å²) in [7, 11) is 0. The van der Waals surface area contributed by atoms with Crippen molar-refractivity contribution in [3.8, 4) is 11.3 Å². The van der Waals surface area contributed by atoms with Crippen LogP contribution in [0.4, 0.5) is 16.2 Å². The molecule has 8 heteroatoms. The van der Waals surface area contributed by atoms with Crippen LogP contribution < -0.4 is 16.0 Å². The van der Waals surface area contributed by atoms with Crippen molar-refractivity contribution in [2.45, 2.75) is 19.8 Å². The molecule has 3 heterocycles. The van der Waals surface area contributed by atoms with Gasteiger partial charge in [0, 0.05) is 18.7 Å². The topological polar surface area (TPSA) is 82.2 Å². The zero-order valence-electron chi connectivity index (χ0n) is 15.3. The van der Waals surface area contributed by atoms with Gasteiger partial charge < -0.3 is 20.9 Å². The Morgan fingerprint density at radius 3 is 2.81 bits per heavy atom. The van der Waals surface area contributed by atoms with Crippen LogP contribution in [0.15, 0.2) is 18.2 Å². The number of benzene rings is 1. The molecular formula is C19H23FN6O. The molecule has 0 radical (unpaired) electrons. The lowest BCUT2D eigenvalue weighted by molar-refractivity contribution is 0.0952. The van der Waals surface area contributed by atoms with Gasteiger partial charge in [-0.3, -0.25) is 4.79 Å². The van der Waals surface area contributed by atoms with Crippen LogP contribution in [-0.4, -0.2) is 53.6 Å². The van der Waals surface area contributed by atoms with E-state index < -0.39 is 0 Å². The molecule has 1 aromatic heterocycles. The average molecular weight is 370 g/mol. The van der Waals surface area contributed by atoms with Crippen molar-refractivity contribution < 1.29 is 9.18 Å². The maximum Gasteiger partial charge on any atom is 0.258 e. The molecule has 2 aromatic rings. The van der Waals surface area contributed by atoms with Gasteiger partial charge in [-0.2, -0.15) is 4.98 Å². The van der Waals surface area contributed by atoms with Crippen LogP contribution in [0.5, 0.6) is 0 Å². The summed E-state index contributed by atoms with van der Waals surface area (Å²) in [5, 5.41) is 9.11. The molecule has 1 amide bonds. The Hall–Kier alpha value is -2.74. The van der Waals surface area contributed by atoms with Crippen molar-refractivity contribution in [1.82, 2.24) is 20.2 Å². The first kappa shape index (κ1) is 17.7. The van der Waals surface area contributed by atoms with E-state index in [0.717, 1.165) is 37.3 Å². The number of rotatable bonds is 5. The SMILES string of the molecule is Cc1cc(F)ccc1-c1nc(NCCN2CCCC2)nc2c1C(=O)NCN2. The van der Waals surface area contributed by atoms with Crippen molar-refractivity contribution in [3.63, 3.8) is 0 Å². The molecule has 0 unspecified atom stereocenters. The van der Waals surface area contributed by atoms with Crippen molar-refractivity contribution in [3.05, 3.63) is 35.1 Å². The Bertz CT molecular complexity index is 866. The Morgan fingerprint density at radius 1 is 1.22 bits per heavy atom. The third-order valence-corrected chi connectivity index (χ3v) is 4.99. The summed E-state index contributed by atoms with van der Waals surface area (Å²) in [5.41, 5.74) is 2.33. The van der Waals surface area contributed by atoms with Gasteiger partial charge in [0.15, 0.2) is 0 Å². The molecule has 7 nitrogen and oxygen atoms in total. The standard InChI is InChI=1S/C19H23FN6O/c1-12-10-13(20)4-5-14(12)16-15-17(22-11-23-18(15)27)25-19(24-16)21-6-9-26-7-2-3-8-26/h4-5,10H,2-3,6-9,11H2,1H3,(H,23,27)(H2,21,22,24,25). The summed E-state index contributed by atoms with van der Waals surface area (Å²) in [4.78, 5) is 23.9. The molecule has 0 aliphatic carbocycles. The largest absolute Gasteiger partial charge is 0.353 e. The number of amides is 1. The van der Waals surface area contributed by atoms with Crippen LogP contribution >= 0.6 is 0 Å². The molecule has 2 aliphatic heterocycles. The van der Waals surface area contributed by atoms with Gasteiger partial charge in [-0.05, 0) is 56.6 Å². The van der Waals surface area contributed by atoms with Crippen molar-refractivity contribution in [2.24, 2.45) is 0 Å². The Balaban J connectivity index is 1.66. The summed E-state index contributed by atoms with van der Waals surface area (Å²) < 4.78 is 13.5. The fourth-order valence-electron chi connectivity index (χ4n) is 3.60. The molecule has 0 spiro atoms. The number of carbonyl (C=O) groups excluding carboxylic acids is 1. The fourth-order valence-corrected chi connectivity index (χ4v) is 3.60. The predicted octanol–water partition coefficient (Wildman–Crippen LogP) is 2.21. The van der Waals surface area contributed by atoms with Gasteiger partial charge in [-0.15, -0.1) is 0 Å². The number of nitrogens with zero attached hydrogens (tertiary/aromatic N) is 3. The Morgan fingerprint density at radius 2 is 2.04 bits per heavy atom. The third kappa shape index (κ3) is 3.71. The summed E-state index contributed by atoms with van der Waals surface area (Å²) in [5.74, 6) is 0.418. The number of halogens is 1. The van der Waals surface area contributed by atoms with Crippen molar-refractivity contribution >= 4 is 17.7 Å². The van der Waals surface area contributed by atoms with E-state index in [1.54, 1.807) is 6.07 Å². The van der Waals surface area contributed by atoms with Crippen LogP contribution in [0.1, 0.15) is 28.8 Å². The van der Waals surface area contributed by atoms with Crippen LogP contribution in [0, 0.1) is 12.7 Å². The van der Waals surface area contributed by atoms with Gasteiger partial charge >= 0.3 is 0 Å². The smallest absolute Gasteiger partial charge is 0.258 e. The number of nitrogens with one attached hydrogen (secondary N) is 3. The molecule has 1 aromatic carbocycles. The highest BCUT2D eigenvalue weighted by Crippen LogP contribution is 2.31. The minimum absolute atomic E-state index is 0.230. The van der Waals surface area contributed by atoms with Gasteiger partial charge in [0.2, 0.25) is 5.95 Å². The van der Waals surface area contributed by atoms with E-state index in [4.69, 9.17) is 0 Å². The Labute approximate surface area is 157 Å². The van der Waals surface area contributed by atoms with Gasteiger partial charge in [0.25, 0.3) is 5.91 Å². The highest BCUT2D eigenvalue weighted by molar-refractivity contribution is 6.06. The molecule has 0 saturated carbocycles. The van der Waals surface area contributed by atoms with E-state index in [1.165, 1.54) is 25.0 Å². The molecule has 1 fully saturated rings. The highest BCUT2D eigenvalue weighted by Gasteiger charge is 2.26. The second-order valence-electron chi connectivity index (χ2n) is 6.91. The molecular weight excluding hydrogens is 347 g/mol. The number of anilines is 2. The molecule has 4 rings (SSSR count). The second-order valence-corrected chi connectivity index (χ2v) is 6.91. The average Bonchev–Trinajstić information content (AvgIpc) is 3.15. The third-order valence-electron chi connectivity index (χ3n) is 4.99. The molecule has 0 atom stereocenters. The number of likely N-dealkylation sites (tertiary alicyclic amines) is 1. The van der Waals surface area contributed by atoms with Gasteiger partial charge in [-0.1, -0.05) is 0 Å². The number of fused-ring (bicyclic) bond motifs is 1. The molecule has 27 heavy (non-hydrogen) atoms. The zero-order valence-corrected chi connectivity index (χ0v) is 15.3. The van der Waals surface area contributed by atoms with Crippen molar-refractivity contribution in [2.75, 3.05) is 43.5 Å². The maximum atomic E-state index is 13.5. The van der Waals surface area contributed by atoms with E-state index in [1.807, 2.05) is 6.92 Å². The molecule has 0 bridgehead atoms. The fraction of sp³-hybridized carbons (Fsp3) is 0.421. The lowest BCUT2D eigenvalue weighted by Gasteiger charge is -2.22. The zero-order chi connectivity index (χ0) is 18.8. The number of aromatic nitrogens is 2. The normalized spacial score (nSPS) is 16.6. The van der Waals surface area contributed by atoms with E-state index in [-0.39, 0.29) is 11.7 Å². The van der Waals surface area contributed by atoms with Gasteiger partial charge in [-0.25, -0.2) is 9.37 Å². The monoisotopic (exact) mass is 370 g/mol. The minimum atomic E-state index is -0.314. The number of hydrogen-bond donors (Lipinski definition) is 3. The van der Waals surface area contributed by atoms with Crippen LogP contribution in [-0.2, 0) is 0 Å². The lowest BCUT2D eigenvalue weighted by Crippen LogP contribution is -2.36. The quantitative estimate of drug-likeness (QED) is 0.749. The van der Waals surface area contributed by atoms with E-state index in [2.05, 4.69) is 30.8 Å². The van der Waals surface area contributed by atoms with Crippen LogP contribution in [0.25, 0.3) is 11.3 Å². The first-order chi connectivity index (χ1) is 13.1. The summed E-state index contributed by atoms with van der Waals surface area (Å²) in [6.07, 6.45) is 2.50. The van der Waals surface area contributed by atoms with E-state index >= 15 is 0 Å². The lowest BCUT2D eigenvalue weighted by atomic mass is 10.0.